The van der Waals surface area contributed by atoms with Crippen LogP contribution >= 0.6 is 0 Å². The van der Waals surface area contributed by atoms with Crippen LogP contribution in [-0.2, 0) is 22.5 Å². The van der Waals surface area contributed by atoms with E-state index in [2.05, 4.69) is 4.90 Å². The molecule has 0 radical (unpaired) electrons. The zero-order valence-electron chi connectivity index (χ0n) is 16.7. The van der Waals surface area contributed by atoms with Crippen molar-refractivity contribution in [2.24, 2.45) is 5.41 Å². The molecule has 0 bridgehead atoms. The lowest BCUT2D eigenvalue weighted by molar-refractivity contribution is -0.159. The number of likely N-dealkylation sites (tertiary alicyclic amines) is 1. The highest BCUT2D eigenvalue weighted by Crippen LogP contribution is 2.37. The van der Waals surface area contributed by atoms with Gasteiger partial charge in [-0.15, -0.1) is 0 Å². The van der Waals surface area contributed by atoms with Crippen molar-refractivity contribution in [1.29, 1.82) is 0 Å². The molecule has 0 aromatic heterocycles. The molecule has 2 aromatic carbocycles. The van der Waals surface area contributed by atoms with Crippen molar-refractivity contribution in [3.8, 4) is 11.5 Å². The quantitative estimate of drug-likeness (QED) is 0.737. The maximum Gasteiger partial charge on any atom is 0.313 e. The van der Waals surface area contributed by atoms with Gasteiger partial charge in [0.05, 0.1) is 19.1 Å². The summed E-state index contributed by atoms with van der Waals surface area (Å²) in [6, 6.07) is 15.3. The van der Waals surface area contributed by atoms with Gasteiger partial charge in [-0.05, 0) is 56.5 Å². The molecule has 5 nitrogen and oxygen atoms in total. The van der Waals surface area contributed by atoms with E-state index in [4.69, 9.17) is 9.47 Å². The van der Waals surface area contributed by atoms with E-state index in [1.165, 1.54) is 0 Å². The van der Waals surface area contributed by atoms with Crippen LogP contribution in [0.2, 0.25) is 0 Å². The fourth-order valence-corrected chi connectivity index (χ4v) is 4.09. The van der Waals surface area contributed by atoms with Crippen molar-refractivity contribution in [2.45, 2.75) is 32.7 Å². The molecule has 0 saturated carbocycles. The third-order valence-electron chi connectivity index (χ3n) is 5.43. The number of methoxy groups -OCH3 is 1. The van der Waals surface area contributed by atoms with Gasteiger partial charge in [-0.3, -0.25) is 9.69 Å². The Kier molecular flexibility index (Phi) is 6.57. The highest BCUT2D eigenvalue weighted by Gasteiger charge is 2.43. The van der Waals surface area contributed by atoms with Gasteiger partial charge < -0.3 is 14.6 Å². The maximum atomic E-state index is 13.0. The van der Waals surface area contributed by atoms with Crippen LogP contribution in [0.3, 0.4) is 0 Å². The highest BCUT2D eigenvalue weighted by atomic mass is 16.5. The predicted octanol–water partition coefficient (Wildman–Crippen LogP) is 3.79. The van der Waals surface area contributed by atoms with Crippen LogP contribution in [0.15, 0.2) is 48.5 Å². The predicted molar refractivity (Wildman–Crippen MR) is 108 cm³/mol. The van der Waals surface area contributed by atoms with Gasteiger partial charge in [0.1, 0.15) is 11.5 Å². The summed E-state index contributed by atoms with van der Waals surface area (Å²) in [6.45, 7) is 4.34. The Bertz CT molecular complexity index is 807. The number of hydrogen-bond acceptors (Lipinski definition) is 5. The topological polar surface area (TPSA) is 59.0 Å². The Morgan fingerprint density at radius 3 is 2.79 bits per heavy atom. The number of carbonyl (C=O) groups excluding carboxylic acids is 1. The monoisotopic (exact) mass is 383 g/mol. The Hall–Kier alpha value is -2.53. The number of piperidine rings is 1. The van der Waals surface area contributed by atoms with Crippen LogP contribution < -0.4 is 4.74 Å². The average Bonchev–Trinajstić information content (AvgIpc) is 2.70. The minimum Gasteiger partial charge on any atom is -0.508 e. The lowest BCUT2D eigenvalue weighted by atomic mass is 9.75. The van der Waals surface area contributed by atoms with Crippen LogP contribution in [0.1, 0.15) is 30.9 Å². The van der Waals surface area contributed by atoms with Gasteiger partial charge in [0, 0.05) is 18.7 Å². The number of carbonyl (C=O) groups is 1. The molecule has 1 N–H and O–H groups in total. The molecule has 2 aromatic rings. The lowest BCUT2D eigenvalue weighted by Crippen LogP contribution is -2.49. The van der Waals surface area contributed by atoms with Gasteiger partial charge >= 0.3 is 5.97 Å². The number of aromatic hydroxyl groups is 1. The maximum absolute atomic E-state index is 13.0. The van der Waals surface area contributed by atoms with E-state index in [1.807, 2.05) is 49.4 Å². The lowest BCUT2D eigenvalue weighted by Gasteiger charge is -2.41. The number of para-hydroxylation sites is 1. The molecule has 1 atom stereocenters. The number of ether oxygens (including phenoxy) is 2. The molecule has 0 spiro atoms. The van der Waals surface area contributed by atoms with E-state index in [9.17, 15) is 9.90 Å². The molecule has 1 aliphatic rings. The van der Waals surface area contributed by atoms with Gasteiger partial charge in [0.2, 0.25) is 0 Å². The summed E-state index contributed by atoms with van der Waals surface area (Å²) in [5.41, 5.74) is 1.35. The zero-order chi connectivity index (χ0) is 20.0. The van der Waals surface area contributed by atoms with E-state index in [1.54, 1.807) is 13.2 Å². The zero-order valence-corrected chi connectivity index (χ0v) is 16.7. The molecular formula is C23H29NO4. The van der Waals surface area contributed by atoms with Crippen molar-refractivity contribution in [1.82, 2.24) is 4.90 Å². The summed E-state index contributed by atoms with van der Waals surface area (Å²) in [5, 5.41) is 10.1. The summed E-state index contributed by atoms with van der Waals surface area (Å²) < 4.78 is 10.8. The first-order valence-electron chi connectivity index (χ1n) is 9.86. The number of phenols is 1. The smallest absolute Gasteiger partial charge is 0.313 e. The number of nitrogens with zero attached hydrogens (tertiary/aromatic N) is 1. The van der Waals surface area contributed by atoms with Crippen LogP contribution in [0.5, 0.6) is 11.5 Å². The number of rotatable bonds is 7. The second-order valence-corrected chi connectivity index (χ2v) is 7.47. The number of benzene rings is 2. The Balaban J connectivity index is 1.83. The van der Waals surface area contributed by atoms with Crippen molar-refractivity contribution in [3.05, 3.63) is 59.7 Å². The first-order chi connectivity index (χ1) is 13.6. The molecule has 0 amide bonds. The highest BCUT2D eigenvalue weighted by molar-refractivity contribution is 5.78. The van der Waals surface area contributed by atoms with Crippen LogP contribution in [0, 0.1) is 5.41 Å². The molecule has 1 fully saturated rings. The average molecular weight is 383 g/mol. The number of esters is 1. The standard InChI is InChI=1S/C23H29NO4/c1-3-28-22(26)23(15-18-8-6-10-20(14-18)27-2)12-7-13-24(17-23)16-19-9-4-5-11-21(19)25/h4-6,8-11,14,25H,3,7,12-13,15-17H2,1-2H3. The molecular weight excluding hydrogens is 354 g/mol. The Labute approximate surface area is 166 Å². The number of phenolic OH excluding ortho intramolecular Hbond substituents is 1. The first-order valence-corrected chi connectivity index (χ1v) is 9.86. The summed E-state index contributed by atoms with van der Waals surface area (Å²) >= 11 is 0. The van der Waals surface area contributed by atoms with Crippen LogP contribution in [0.4, 0.5) is 0 Å². The summed E-state index contributed by atoms with van der Waals surface area (Å²) in [7, 11) is 1.65. The second-order valence-electron chi connectivity index (χ2n) is 7.47. The molecule has 5 heteroatoms. The minimum absolute atomic E-state index is 0.139. The third-order valence-corrected chi connectivity index (χ3v) is 5.43. The van der Waals surface area contributed by atoms with Gasteiger partial charge in [-0.2, -0.15) is 0 Å². The van der Waals surface area contributed by atoms with Gasteiger partial charge in [0.15, 0.2) is 0 Å². The normalized spacial score (nSPS) is 19.9. The van der Waals surface area contributed by atoms with Crippen molar-refractivity contribution in [3.63, 3.8) is 0 Å². The fourth-order valence-electron chi connectivity index (χ4n) is 4.09. The van der Waals surface area contributed by atoms with Gasteiger partial charge in [-0.1, -0.05) is 30.3 Å². The third kappa shape index (κ3) is 4.65. The number of hydrogen-bond donors (Lipinski definition) is 1. The SMILES string of the molecule is CCOC(=O)C1(Cc2cccc(OC)c2)CCCN(Cc2ccccc2O)C1. The van der Waals surface area contributed by atoms with E-state index in [-0.39, 0.29) is 5.97 Å². The summed E-state index contributed by atoms with van der Waals surface area (Å²) in [4.78, 5) is 15.3. The molecule has 1 saturated heterocycles. The van der Waals surface area contributed by atoms with Gasteiger partial charge in [0.25, 0.3) is 0 Å². The first kappa shape index (κ1) is 20.2. The van der Waals surface area contributed by atoms with Crippen molar-refractivity contribution in [2.75, 3.05) is 26.8 Å². The Morgan fingerprint density at radius 1 is 1.21 bits per heavy atom. The molecule has 3 rings (SSSR count). The molecule has 150 valence electrons. The molecule has 1 unspecified atom stereocenters. The van der Waals surface area contributed by atoms with E-state index in [0.717, 1.165) is 36.3 Å². The summed E-state index contributed by atoms with van der Waals surface area (Å²) in [6.07, 6.45) is 2.32. The van der Waals surface area contributed by atoms with Crippen LogP contribution in [-0.4, -0.2) is 42.8 Å². The molecule has 1 aliphatic heterocycles. The van der Waals surface area contributed by atoms with Crippen LogP contribution in [0.25, 0.3) is 0 Å². The largest absolute Gasteiger partial charge is 0.508 e. The Morgan fingerprint density at radius 2 is 2.04 bits per heavy atom. The van der Waals surface area contributed by atoms with E-state index < -0.39 is 5.41 Å². The molecule has 28 heavy (non-hydrogen) atoms. The minimum atomic E-state index is -0.592. The van der Waals surface area contributed by atoms with Crippen molar-refractivity contribution < 1.29 is 19.4 Å². The second kappa shape index (κ2) is 9.11. The molecule has 1 heterocycles. The summed E-state index contributed by atoms with van der Waals surface area (Å²) in [5.74, 6) is 0.945. The van der Waals surface area contributed by atoms with E-state index >= 15 is 0 Å². The fraction of sp³-hybridized carbons (Fsp3) is 0.435. The van der Waals surface area contributed by atoms with Gasteiger partial charge in [-0.25, -0.2) is 0 Å². The van der Waals surface area contributed by atoms with E-state index in [0.29, 0.717) is 31.9 Å². The molecule has 0 aliphatic carbocycles. The van der Waals surface area contributed by atoms with Crippen molar-refractivity contribution >= 4 is 5.97 Å².